The number of nitrogens with zero attached hydrogens (tertiary/aromatic N) is 1. The smallest absolute Gasteiger partial charge is 0.295 e. The molecule has 0 spiro atoms. The van der Waals surface area contributed by atoms with Crippen LogP contribution in [0.1, 0.15) is 61.9 Å². The summed E-state index contributed by atoms with van der Waals surface area (Å²) in [6, 6.07) is 10.7. The number of aliphatic hydroxyl groups is 1. The molecule has 1 atom stereocenters. The van der Waals surface area contributed by atoms with Crippen molar-refractivity contribution >= 4 is 28.4 Å². The molecule has 0 aliphatic carbocycles. The van der Waals surface area contributed by atoms with Gasteiger partial charge in [-0.25, -0.2) is 0 Å². The molecule has 7 heteroatoms. The van der Waals surface area contributed by atoms with Gasteiger partial charge in [-0.1, -0.05) is 32.0 Å². The van der Waals surface area contributed by atoms with E-state index in [0.29, 0.717) is 5.56 Å². The first-order chi connectivity index (χ1) is 17.1. The Morgan fingerprint density at radius 1 is 1.14 bits per heavy atom. The second-order valence-corrected chi connectivity index (χ2v) is 9.77. The Morgan fingerprint density at radius 2 is 1.86 bits per heavy atom. The Balaban J connectivity index is 1.92. The molecule has 1 fully saturated rings. The van der Waals surface area contributed by atoms with E-state index in [4.69, 9.17) is 9.47 Å². The molecule has 36 heavy (non-hydrogen) atoms. The van der Waals surface area contributed by atoms with Crippen molar-refractivity contribution in [2.45, 2.75) is 52.7 Å². The number of ketones is 1. The minimum atomic E-state index is -0.749. The van der Waals surface area contributed by atoms with Crippen LogP contribution in [0.4, 0.5) is 0 Å². The Labute approximate surface area is 211 Å². The minimum absolute atomic E-state index is 0.00948. The number of aliphatic hydroxyl groups excluding tert-OH is 1. The molecule has 4 rings (SSSR count). The maximum Gasteiger partial charge on any atom is 0.295 e. The van der Waals surface area contributed by atoms with Crippen LogP contribution in [0.25, 0.3) is 16.7 Å². The van der Waals surface area contributed by atoms with Crippen molar-refractivity contribution in [3.8, 4) is 5.75 Å². The molecular formula is C29H34N2O5. The lowest BCUT2D eigenvalue weighted by atomic mass is 9.91. The Bertz CT molecular complexity index is 1330. The zero-order chi connectivity index (χ0) is 26.1. The van der Waals surface area contributed by atoms with Crippen LogP contribution in [-0.2, 0) is 14.3 Å². The van der Waals surface area contributed by atoms with E-state index in [-0.39, 0.29) is 36.5 Å². The number of hydrogen-bond acceptors (Lipinski definition) is 5. The number of carbonyl (C=O) groups is 2. The lowest BCUT2D eigenvalue weighted by Crippen LogP contribution is -2.33. The molecule has 190 valence electrons. The van der Waals surface area contributed by atoms with E-state index in [1.807, 2.05) is 77.2 Å². The molecule has 0 saturated carbocycles. The minimum Gasteiger partial charge on any atom is -0.507 e. The van der Waals surface area contributed by atoms with Crippen LogP contribution in [-0.4, -0.2) is 53.0 Å². The monoisotopic (exact) mass is 490 g/mol. The molecule has 2 N–H and O–H groups in total. The Kier molecular flexibility index (Phi) is 7.22. The van der Waals surface area contributed by atoms with E-state index >= 15 is 0 Å². The van der Waals surface area contributed by atoms with Crippen molar-refractivity contribution in [1.82, 2.24) is 9.88 Å². The van der Waals surface area contributed by atoms with Crippen molar-refractivity contribution in [3.63, 3.8) is 0 Å². The van der Waals surface area contributed by atoms with E-state index in [0.717, 1.165) is 33.3 Å². The second-order valence-electron chi connectivity index (χ2n) is 9.77. The van der Waals surface area contributed by atoms with E-state index in [1.54, 1.807) is 7.11 Å². The summed E-state index contributed by atoms with van der Waals surface area (Å²) < 4.78 is 11.3. The van der Waals surface area contributed by atoms with Crippen molar-refractivity contribution < 1.29 is 24.2 Å². The number of Topliss-reactive ketones (excluding diaryl/α,β-unsaturated/α-hetero) is 1. The van der Waals surface area contributed by atoms with Crippen molar-refractivity contribution in [3.05, 3.63) is 70.4 Å². The predicted molar refractivity (Wildman–Crippen MR) is 140 cm³/mol. The third-order valence-corrected chi connectivity index (χ3v) is 6.69. The average Bonchev–Trinajstić information content (AvgIpc) is 3.37. The number of aryl methyl sites for hydroxylation is 1. The summed E-state index contributed by atoms with van der Waals surface area (Å²) in [5.74, 6) is -0.674. The van der Waals surface area contributed by atoms with Crippen LogP contribution < -0.4 is 4.74 Å². The topological polar surface area (TPSA) is 91.9 Å². The summed E-state index contributed by atoms with van der Waals surface area (Å²) in [4.78, 5) is 31.5. The summed E-state index contributed by atoms with van der Waals surface area (Å²) >= 11 is 0. The fourth-order valence-electron chi connectivity index (χ4n) is 4.87. The average molecular weight is 491 g/mol. The first kappa shape index (κ1) is 25.5. The van der Waals surface area contributed by atoms with Gasteiger partial charge in [0.2, 0.25) is 0 Å². The zero-order valence-corrected chi connectivity index (χ0v) is 21.7. The molecule has 7 nitrogen and oxygen atoms in total. The van der Waals surface area contributed by atoms with Crippen LogP contribution in [0.5, 0.6) is 5.75 Å². The fourth-order valence-corrected chi connectivity index (χ4v) is 4.87. The van der Waals surface area contributed by atoms with Gasteiger partial charge in [0, 0.05) is 34.8 Å². The molecule has 0 bridgehead atoms. The van der Waals surface area contributed by atoms with Gasteiger partial charge in [0.05, 0.1) is 31.4 Å². The quantitative estimate of drug-likeness (QED) is 0.249. The van der Waals surface area contributed by atoms with Crippen LogP contribution in [0.15, 0.2) is 48.2 Å². The molecule has 3 aromatic rings. The summed E-state index contributed by atoms with van der Waals surface area (Å²) in [5.41, 5.74) is 3.90. The molecule has 1 aromatic heterocycles. The van der Waals surface area contributed by atoms with E-state index in [9.17, 15) is 14.7 Å². The third-order valence-electron chi connectivity index (χ3n) is 6.69. The van der Waals surface area contributed by atoms with Gasteiger partial charge in [-0.15, -0.1) is 0 Å². The Morgan fingerprint density at radius 3 is 2.53 bits per heavy atom. The first-order valence-corrected chi connectivity index (χ1v) is 12.3. The maximum atomic E-state index is 13.4. The number of benzene rings is 2. The van der Waals surface area contributed by atoms with Crippen LogP contribution >= 0.6 is 0 Å². The highest BCUT2D eigenvalue weighted by molar-refractivity contribution is 6.46. The number of aromatic nitrogens is 1. The number of nitrogens with one attached hydrogen (secondary N) is 1. The van der Waals surface area contributed by atoms with Crippen LogP contribution in [0.3, 0.4) is 0 Å². The molecule has 2 aromatic carbocycles. The van der Waals surface area contributed by atoms with Gasteiger partial charge in [-0.05, 0) is 56.0 Å². The van der Waals surface area contributed by atoms with Gasteiger partial charge in [-0.3, -0.25) is 9.59 Å². The maximum absolute atomic E-state index is 13.4. The highest BCUT2D eigenvalue weighted by atomic mass is 16.5. The number of methoxy groups -OCH3 is 1. The highest BCUT2D eigenvalue weighted by Gasteiger charge is 2.47. The highest BCUT2D eigenvalue weighted by Crippen LogP contribution is 2.43. The van der Waals surface area contributed by atoms with Crippen molar-refractivity contribution in [2.24, 2.45) is 0 Å². The SMILES string of the molecule is COc1cc(C)c(/C(O)=C2\C(=O)C(=O)N(CCOC(C)C)C2c2c[nH]c3ccccc23)cc1C(C)C. The van der Waals surface area contributed by atoms with E-state index in [2.05, 4.69) is 4.98 Å². The van der Waals surface area contributed by atoms with E-state index < -0.39 is 17.7 Å². The number of amides is 1. The molecule has 1 aliphatic rings. The van der Waals surface area contributed by atoms with Gasteiger partial charge in [0.1, 0.15) is 11.5 Å². The number of likely N-dealkylation sites (tertiary alicyclic amines) is 1. The number of H-pyrrole nitrogens is 1. The van der Waals surface area contributed by atoms with Crippen LogP contribution in [0.2, 0.25) is 0 Å². The molecule has 1 amide bonds. The number of carbonyl (C=O) groups excluding carboxylic acids is 2. The lowest BCUT2D eigenvalue weighted by Gasteiger charge is -2.25. The number of rotatable bonds is 8. The zero-order valence-electron chi connectivity index (χ0n) is 21.7. The number of aromatic amines is 1. The summed E-state index contributed by atoms with van der Waals surface area (Å²) in [6.07, 6.45) is 1.80. The number of ether oxygens (including phenoxy) is 2. The van der Waals surface area contributed by atoms with Gasteiger partial charge < -0.3 is 24.5 Å². The van der Waals surface area contributed by atoms with E-state index in [1.165, 1.54) is 4.90 Å². The van der Waals surface area contributed by atoms with Gasteiger partial charge in [0.15, 0.2) is 0 Å². The second kappa shape index (κ2) is 10.2. The van der Waals surface area contributed by atoms with Gasteiger partial charge in [0.25, 0.3) is 11.7 Å². The lowest BCUT2D eigenvalue weighted by molar-refractivity contribution is -0.140. The molecule has 1 aliphatic heterocycles. The normalized spacial score (nSPS) is 17.7. The summed E-state index contributed by atoms with van der Waals surface area (Å²) in [6.45, 7) is 10.3. The van der Waals surface area contributed by atoms with Crippen molar-refractivity contribution in [2.75, 3.05) is 20.3 Å². The van der Waals surface area contributed by atoms with Crippen LogP contribution in [0, 0.1) is 6.92 Å². The number of hydrogen-bond donors (Lipinski definition) is 2. The largest absolute Gasteiger partial charge is 0.507 e. The molecule has 1 unspecified atom stereocenters. The summed E-state index contributed by atoms with van der Waals surface area (Å²) in [5, 5.41) is 12.5. The third kappa shape index (κ3) is 4.51. The number of fused-ring (bicyclic) bond motifs is 1. The standard InChI is InChI=1S/C29H34N2O5/c1-16(2)20-14-21(18(5)13-24(20)35-6)27(32)25-26(22-15-30-23-10-8-7-9-19(22)23)31(29(34)28(25)33)11-12-36-17(3)4/h7-10,13-17,26,30,32H,11-12H2,1-6H3/b27-25+. The Hall–Kier alpha value is -3.58. The predicted octanol–water partition coefficient (Wildman–Crippen LogP) is 5.46. The molecule has 2 heterocycles. The van der Waals surface area contributed by atoms with Gasteiger partial charge in [-0.2, -0.15) is 0 Å². The molecular weight excluding hydrogens is 456 g/mol. The first-order valence-electron chi connectivity index (χ1n) is 12.3. The number of para-hydroxylation sites is 1. The van der Waals surface area contributed by atoms with Gasteiger partial charge >= 0.3 is 0 Å². The molecule has 1 saturated heterocycles. The fraction of sp³-hybridized carbons (Fsp3) is 0.379. The van der Waals surface area contributed by atoms with Crippen molar-refractivity contribution in [1.29, 1.82) is 0 Å². The summed E-state index contributed by atoms with van der Waals surface area (Å²) in [7, 11) is 1.61. The molecule has 0 radical (unpaired) electrons.